The van der Waals surface area contributed by atoms with E-state index in [4.69, 9.17) is 4.74 Å². The van der Waals surface area contributed by atoms with Crippen molar-refractivity contribution in [1.82, 2.24) is 10.2 Å². The third-order valence-electron chi connectivity index (χ3n) is 5.11. The number of rotatable bonds is 5. The van der Waals surface area contributed by atoms with Gasteiger partial charge in [0, 0.05) is 0 Å². The summed E-state index contributed by atoms with van der Waals surface area (Å²) >= 11 is 0. The van der Waals surface area contributed by atoms with Crippen LogP contribution in [-0.2, 0) is 19.9 Å². The Hall–Kier alpha value is -2.37. The van der Waals surface area contributed by atoms with Crippen LogP contribution in [0.1, 0.15) is 51.0 Å². The quantitative estimate of drug-likeness (QED) is 0.658. The fraction of sp³-hybridized carbons (Fsp3) is 0.526. The van der Waals surface area contributed by atoms with Gasteiger partial charge >= 0.3 is 12.0 Å². The number of urea groups is 1. The van der Waals surface area contributed by atoms with Crippen LogP contribution >= 0.6 is 0 Å². The summed E-state index contributed by atoms with van der Waals surface area (Å²) in [7, 11) is 0. The lowest BCUT2D eigenvalue weighted by atomic mass is 9.87. The Bertz CT molecular complexity index is 655. The molecule has 0 radical (unpaired) electrons. The molecule has 1 heterocycles. The maximum atomic E-state index is 12.9. The summed E-state index contributed by atoms with van der Waals surface area (Å²) < 4.78 is 5.44. The number of amides is 3. The fourth-order valence-electron chi connectivity index (χ4n) is 3.67. The number of benzene rings is 1. The van der Waals surface area contributed by atoms with Crippen molar-refractivity contribution in [3.05, 3.63) is 35.9 Å². The largest absolute Gasteiger partial charge is 0.461 e. The highest BCUT2D eigenvalue weighted by Gasteiger charge is 2.51. The van der Waals surface area contributed by atoms with Crippen molar-refractivity contribution < 1.29 is 19.1 Å². The van der Waals surface area contributed by atoms with Crippen molar-refractivity contribution in [1.29, 1.82) is 0 Å². The van der Waals surface area contributed by atoms with Crippen LogP contribution in [0.2, 0.25) is 0 Å². The molecule has 6 nitrogen and oxygen atoms in total. The molecule has 3 amide bonds. The minimum absolute atomic E-state index is 0.0907. The van der Waals surface area contributed by atoms with E-state index in [9.17, 15) is 14.4 Å². The highest BCUT2D eigenvalue weighted by Crippen LogP contribution is 2.32. The first-order valence-corrected chi connectivity index (χ1v) is 8.96. The zero-order chi connectivity index (χ0) is 17.9. The van der Waals surface area contributed by atoms with Crippen LogP contribution in [0.5, 0.6) is 0 Å². The SMILES string of the molecule is CCC1(c2ccccc2)NC(=O)N(CC(=O)OC2CCCCC2)C1=O. The smallest absolute Gasteiger partial charge is 0.326 e. The Labute approximate surface area is 147 Å². The van der Waals surface area contributed by atoms with Crippen LogP contribution in [0.15, 0.2) is 30.3 Å². The Balaban J connectivity index is 1.71. The van der Waals surface area contributed by atoms with E-state index < -0.39 is 23.4 Å². The average molecular weight is 344 g/mol. The number of imide groups is 1. The van der Waals surface area contributed by atoms with Gasteiger partial charge in [0.05, 0.1) is 0 Å². The van der Waals surface area contributed by atoms with Gasteiger partial charge in [0.1, 0.15) is 18.2 Å². The fourth-order valence-corrected chi connectivity index (χ4v) is 3.67. The molecule has 2 fully saturated rings. The number of hydrogen-bond acceptors (Lipinski definition) is 4. The lowest BCUT2D eigenvalue weighted by Crippen LogP contribution is -2.44. The molecule has 1 aromatic rings. The standard InChI is InChI=1S/C19H24N2O4/c1-2-19(14-9-5-3-6-10-14)17(23)21(18(24)20-19)13-16(22)25-15-11-7-4-8-12-15/h3,5-6,9-10,15H,2,4,7-8,11-13H2,1H3,(H,20,24). The molecule has 1 atom stereocenters. The van der Waals surface area contributed by atoms with Gasteiger partial charge in [-0.25, -0.2) is 4.79 Å². The van der Waals surface area contributed by atoms with Crippen molar-refractivity contribution in [2.24, 2.45) is 0 Å². The summed E-state index contributed by atoms with van der Waals surface area (Å²) in [4.78, 5) is 38.5. The first-order chi connectivity index (χ1) is 12.1. The zero-order valence-electron chi connectivity index (χ0n) is 14.5. The molecule has 2 aliphatic rings. The van der Waals surface area contributed by atoms with E-state index in [1.54, 1.807) is 0 Å². The van der Waals surface area contributed by atoms with Crippen LogP contribution in [0.3, 0.4) is 0 Å². The minimum Gasteiger partial charge on any atom is -0.461 e. The maximum Gasteiger partial charge on any atom is 0.326 e. The van der Waals surface area contributed by atoms with E-state index in [1.165, 1.54) is 0 Å². The number of carbonyl (C=O) groups excluding carboxylic acids is 3. The number of carbonyl (C=O) groups is 3. The molecular formula is C19H24N2O4. The van der Waals surface area contributed by atoms with Gasteiger partial charge < -0.3 is 10.1 Å². The van der Waals surface area contributed by atoms with Crippen LogP contribution in [0.25, 0.3) is 0 Å². The topological polar surface area (TPSA) is 75.7 Å². The van der Waals surface area contributed by atoms with Gasteiger partial charge in [0.25, 0.3) is 5.91 Å². The highest BCUT2D eigenvalue weighted by molar-refractivity contribution is 6.09. The van der Waals surface area contributed by atoms with Crippen LogP contribution in [0, 0.1) is 0 Å². The molecule has 6 heteroatoms. The van der Waals surface area contributed by atoms with Gasteiger partial charge in [-0.15, -0.1) is 0 Å². The summed E-state index contributed by atoms with van der Waals surface area (Å²) in [6, 6.07) is 8.58. The van der Waals surface area contributed by atoms with Gasteiger partial charge in [-0.1, -0.05) is 43.7 Å². The van der Waals surface area contributed by atoms with Gasteiger partial charge in [0.15, 0.2) is 0 Å². The molecule has 1 saturated heterocycles. The summed E-state index contributed by atoms with van der Waals surface area (Å²) in [6.45, 7) is 1.50. The Morgan fingerprint density at radius 2 is 1.88 bits per heavy atom. The molecule has 1 aromatic carbocycles. The third-order valence-corrected chi connectivity index (χ3v) is 5.11. The van der Waals surface area contributed by atoms with E-state index in [2.05, 4.69) is 5.32 Å². The Kier molecular flexibility index (Phi) is 5.06. The van der Waals surface area contributed by atoms with Crippen molar-refractivity contribution in [2.45, 2.75) is 57.1 Å². The van der Waals surface area contributed by atoms with Gasteiger partial charge in [0.2, 0.25) is 0 Å². The minimum atomic E-state index is -1.11. The Morgan fingerprint density at radius 1 is 1.20 bits per heavy atom. The number of hydrogen-bond donors (Lipinski definition) is 1. The summed E-state index contributed by atoms with van der Waals surface area (Å²) in [5, 5.41) is 2.77. The zero-order valence-corrected chi connectivity index (χ0v) is 14.5. The van der Waals surface area contributed by atoms with Crippen LogP contribution in [-0.4, -0.2) is 35.5 Å². The average Bonchev–Trinajstić information content (AvgIpc) is 2.88. The van der Waals surface area contributed by atoms with Crippen molar-refractivity contribution >= 4 is 17.9 Å². The lowest BCUT2D eigenvalue weighted by molar-refractivity contribution is -0.153. The van der Waals surface area contributed by atoms with Gasteiger partial charge in [-0.05, 0) is 37.7 Å². The molecular weight excluding hydrogens is 320 g/mol. The molecule has 25 heavy (non-hydrogen) atoms. The van der Waals surface area contributed by atoms with Gasteiger partial charge in [-0.2, -0.15) is 0 Å². The molecule has 0 bridgehead atoms. The second-order valence-corrected chi connectivity index (χ2v) is 6.70. The van der Waals surface area contributed by atoms with Crippen LogP contribution in [0.4, 0.5) is 4.79 Å². The molecule has 0 spiro atoms. The first kappa shape index (κ1) is 17.5. The number of ether oxygens (including phenoxy) is 1. The molecule has 1 aliphatic carbocycles. The van der Waals surface area contributed by atoms with Crippen molar-refractivity contribution in [3.63, 3.8) is 0 Å². The molecule has 0 aromatic heterocycles. The summed E-state index contributed by atoms with van der Waals surface area (Å²) in [6.07, 6.45) is 5.30. The number of nitrogens with zero attached hydrogens (tertiary/aromatic N) is 1. The molecule has 1 N–H and O–H groups in total. The first-order valence-electron chi connectivity index (χ1n) is 8.96. The second kappa shape index (κ2) is 7.25. The predicted molar refractivity (Wildman–Crippen MR) is 91.6 cm³/mol. The maximum absolute atomic E-state index is 12.9. The molecule has 1 aliphatic heterocycles. The second-order valence-electron chi connectivity index (χ2n) is 6.70. The molecule has 3 rings (SSSR count). The molecule has 1 unspecified atom stereocenters. The molecule has 134 valence electrons. The monoisotopic (exact) mass is 344 g/mol. The normalized spacial score (nSPS) is 24.3. The lowest BCUT2D eigenvalue weighted by Gasteiger charge is -2.26. The van der Waals surface area contributed by atoms with Crippen molar-refractivity contribution in [3.8, 4) is 0 Å². The molecule has 1 saturated carbocycles. The summed E-state index contributed by atoms with van der Waals surface area (Å²) in [5.41, 5.74) is -0.386. The van der Waals surface area contributed by atoms with Crippen molar-refractivity contribution in [2.75, 3.05) is 6.54 Å². The Morgan fingerprint density at radius 3 is 2.52 bits per heavy atom. The van der Waals surface area contributed by atoms with E-state index in [-0.39, 0.29) is 12.6 Å². The predicted octanol–water partition coefficient (Wildman–Crippen LogP) is 2.72. The van der Waals surface area contributed by atoms with E-state index in [0.29, 0.717) is 6.42 Å². The summed E-state index contributed by atoms with van der Waals surface area (Å²) in [5.74, 6) is -0.915. The van der Waals surface area contributed by atoms with E-state index in [1.807, 2.05) is 37.3 Å². The van der Waals surface area contributed by atoms with Gasteiger partial charge in [-0.3, -0.25) is 14.5 Å². The van der Waals surface area contributed by atoms with E-state index in [0.717, 1.165) is 42.6 Å². The van der Waals surface area contributed by atoms with Crippen LogP contribution < -0.4 is 5.32 Å². The third kappa shape index (κ3) is 3.38. The highest BCUT2D eigenvalue weighted by atomic mass is 16.5. The van der Waals surface area contributed by atoms with E-state index >= 15 is 0 Å². The number of esters is 1. The number of nitrogens with one attached hydrogen (secondary N) is 1.